The lowest BCUT2D eigenvalue weighted by Crippen LogP contribution is -2.54. The number of carbonyl (C=O) groups is 5. The van der Waals surface area contributed by atoms with E-state index in [-0.39, 0.29) is 30.5 Å². The minimum absolute atomic E-state index is 0.0280. The Kier molecular flexibility index (Phi) is 10.5. The van der Waals surface area contributed by atoms with E-state index >= 15 is 4.39 Å². The molecule has 0 aliphatic carbocycles. The van der Waals surface area contributed by atoms with Gasteiger partial charge in [0.1, 0.15) is 17.6 Å². The highest BCUT2D eigenvalue weighted by Crippen LogP contribution is 2.39. The van der Waals surface area contributed by atoms with Crippen molar-refractivity contribution in [2.75, 3.05) is 49.8 Å². The molecule has 0 spiro atoms. The highest BCUT2D eigenvalue weighted by molar-refractivity contribution is 6.23. The zero-order chi connectivity index (χ0) is 40.5. The first-order valence-corrected chi connectivity index (χ1v) is 18.1. The Balaban J connectivity index is 1.07. The fraction of sp³-hybridized carbons (Fsp3) is 0.244. The van der Waals surface area contributed by atoms with Crippen molar-refractivity contribution < 1.29 is 33.1 Å². The number of nitrogens with zero attached hydrogens (tertiary/aromatic N) is 6. The molecule has 2 aliphatic rings. The highest BCUT2D eigenvalue weighted by Gasteiger charge is 2.46. The summed E-state index contributed by atoms with van der Waals surface area (Å²) in [7, 11) is 7.18. The maximum Gasteiger partial charge on any atom is 0.265 e. The third-order valence-electron chi connectivity index (χ3n) is 10.1. The van der Waals surface area contributed by atoms with Crippen LogP contribution in [0.1, 0.15) is 39.1 Å². The van der Waals surface area contributed by atoms with Crippen molar-refractivity contribution in [2.45, 2.75) is 25.4 Å². The van der Waals surface area contributed by atoms with Gasteiger partial charge in [0.15, 0.2) is 0 Å². The van der Waals surface area contributed by atoms with Crippen molar-refractivity contribution in [1.82, 2.24) is 29.7 Å². The van der Waals surface area contributed by atoms with Crippen molar-refractivity contribution in [1.29, 1.82) is 0 Å². The third kappa shape index (κ3) is 7.54. The van der Waals surface area contributed by atoms with Crippen molar-refractivity contribution in [3.63, 3.8) is 0 Å². The number of aryl methyl sites for hydroxylation is 1. The maximum atomic E-state index is 15.4. The summed E-state index contributed by atoms with van der Waals surface area (Å²) < 4.78 is 23.2. The van der Waals surface area contributed by atoms with E-state index in [0.29, 0.717) is 47.4 Å². The first-order valence-electron chi connectivity index (χ1n) is 18.1. The molecule has 5 amide bonds. The van der Waals surface area contributed by atoms with Gasteiger partial charge in [-0.25, -0.2) is 14.4 Å². The Morgan fingerprint density at radius 3 is 2.60 bits per heavy atom. The summed E-state index contributed by atoms with van der Waals surface area (Å²) in [4.78, 5) is 76.9. The number of piperidine rings is 1. The van der Waals surface area contributed by atoms with E-state index in [2.05, 4.69) is 27.5 Å². The molecule has 0 radical (unpaired) electrons. The standard InChI is InChI=1S/C41H40FN9O6/c1-6-35(52)44-29-19-30(46-41-43-14-13-28(45-41)26-22-50(4)31-10-8-7-9-24(26)31)34(57-5)20-33(29)49(3)16-15-48(2)21-23-17-25-37(27(42)18-23)40(56)51(39(25)55)32-11-12-36(53)47-38(32)54/h6-10,13-14,17-20,22,32H,1,11-12,15-16,21H2,2-5H3,(H,44,52)(H,43,45,46)(H,47,53,54). The second-order valence-corrected chi connectivity index (χ2v) is 13.9. The summed E-state index contributed by atoms with van der Waals surface area (Å²) in [6.45, 7) is 4.71. The fourth-order valence-corrected chi connectivity index (χ4v) is 7.20. The zero-order valence-corrected chi connectivity index (χ0v) is 31.8. The van der Waals surface area contributed by atoms with Crippen LogP contribution >= 0.6 is 0 Å². The molecule has 3 N–H and O–H groups in total. The van der Waals surface area contributed by atoms with Crippen molar-refractivity contribution in [2.24, 2.45) is 7.05 Å². The smallest absolute Gasteiger partial charge is 0.265 e. The number of halogens is 1. The molecule has 4 heterocycles. The SMILES string of the molecule is C=CC(=O)Nc1cc(Nc2nccc(-c3cn(C)c4ccccc34)n2)c(OC)cc1N(C)CCN(C)Cc1cc(F)c2c(c1)C(=O)N(C1CCC(=O)NC1=O)C2=O. The van der Waals surface area contributed by atoms with E-state index in [1.165, 1.54) is 25.3 Å². The van der Waals surface area contributed by atoms with E-state index in [9.17, 15) is 24.0 Å². The van der Waals surface area contributed by atoms with Crippen LogP contribution in [0.3, 0.4) is 0 Å². The first-order chi connectivity index (χ1) is 27.4. The van der Waals surface area contributed by atoms with Gasteiger partial charge in [-0.2, -0.15) is 0 Å². The molecule has 7 rings (SSSR count). The molecule has 0 saturated carbocycles. The number of aromatic nitrogens is 3. The van der Waals surface area contributed by atoms with Gasteiger partial charge in [-0.15, -0.1) is 0 Å². The average molecular weight is 774 g/mol. The monoisotopic (exact) mass is 773 g/mol. The number of amides is 5. The van der Waals surface area contributed by atoms with Gasteiger partial charge in [0, 0.05) is 75.1 Å². The van der Waals surface area contributed by atoms with Crippen LogP contribution in [-0.4, -0.2) is 94.2 Å². The summed E-state index contributed by atoms with van der Waals surface area (Å²) in [5, 5.41) is 9.32. The number of hydrogen-bond acceptors (Lipinski definition) is 11. The molecule has 1 saturated heterocycles. The molecule has 1 fully saturated rings. The third-order valence-corrected chi connectivity index (χ3v) is 10.1. The van der Waals surface area contributed by atoms with Crippen LogP contribution in [0.4, 0.5) is 27.4 Å². The molecule has 16 heteroatoms. The largest absolute Gasteiger partial charge is 0.494 e. The number of nitrogens with one attached hydrogen (secondary N) is 3. The number of fused-ring (bicyclic) bond motifs is 2. The Morgan fingerprint density at radius 2 is 1.84 bits per heavy atom. The number of rotatable bonds is 13. The van der Waals surface area contributed by atoms with Crippen LogP contribution in [0.5, 0.6) is 5.75 Å². The molecular formula is C41H40FN9O6. The number of hydrogen-bond donors (Lipinski definition) is 3. The lowest BCUT2D eigenvalue weighted by molar-refractivity contribution is -0.136. The second kappa shape index (κ2) is 15.7. The lowest BCUT2D eigenvalue weighted by atomic mass is 10.0. The molecule has 57 heavy (non-hydrogen) atoms. The summed E-state index contributed by atoms with van der Waals surface area (Å²) >= 11 is 0. The van der Waals surface area contributed by atoms with Gasteiger partial charge in [0.05, 0.1) is 41.0 Å². The molecule has 3 aromatic carbocycles. The van der Waals surface area contributed by atoms with Gasteiger partial charge in [-0.1, -0.05) is 24.8 Å². The number of carbonyl (C=O) groups excluding carboxylic acids is 5. The zero-order valence-electron chi connectivity index (χ0n) is 31.8. The number of benzene rings is 3. The van der Waals surface area contributed by atoms with Crippen LogP contribution in [0.2, 0.25) is 0 Å². The number of likely N-dealkylation sites (N-methyl/N-ethyl adjacent to an activating group) is 2. The van der Waals surface area contributed by atoms with Crippen molar-refractivity contribution in [3.05, 3.63) is 102 Å². The molecule has 2 aliphatic heterocycles. The first kappa shape index (κ1) is 38.3. The van der Waals surface area contributed by atoms with E-state index in [1.807, 2.05) is 72.0 Å². The normalized spacial score (nSPS) is 15.2. The van der Waals surface area contributed by atoms with Crippen LogP contribution in [0, 0.1) is 5.82 Å². The van der Waals surface area contributed by atoms with E-state index in [4.69, 9.17) is 9.72 Å². The number of para-hydroxylation sites is 1. The van der Waals surface area contributed by atoms with Gasteiger partial charge in [0.25, 0.3) is 11.8 Å². The number of anilines is 4. The minimum Gasteiger partial charge on any atom is -0.494 e. The van der Waals surface area contributed by atoms with Crippen LogP contribution < -0.4 is 25.6 Å². The van der Waals surface area contributed by atoms with Gasteiger partial charge >= 0.3 is 0 Å². The van der Waals surface area contributed by atoms with E-state index < -0.39 is 41.4 Å². The Labute approximate surface area is 327 Å². The molecule has 1 atom stereocenters. The number of imide groups is 2. The minimum atomic E-state index is -1.19. The number of ether oxygens (including phenoxy) is 1. The maximum absolute atomic E-state index is 15.4. The van der Waals surface area contributed by atoms with Crippen molar-refractivity contribution >= 4 is 63.4 Å². The van der Waals surface area contributed by atoms with Crippen LogP contribution in [0.25, 0.3) is 22.2 Å². The molecular weight excluding hydrogens is 734 g/mol. The summed E-state index contributed by atoms with van der Waals surface area (Å²) in [5.41, 5.74) is 4.28. The summed E-state index contributed by atoms with van der Waals surface area (Å²) in [6.07, 6.45) is 4.80. The topological polar surface area (TPSA) is 171 Å². The van der Waals surface area contributed by atoms with Gasteiger partial charge in [-0.3, -0.25) is 34.2 Å². The molecule has 5 aromatic rings. The molecule has 0 bridgehead atoms. The van der Waals surface area contributed by atoms with Gasteiger partial charge in [-0.05, 0) is 55.4 Å². The summed E-state index contributed by atoms with van der Waals surface area (Å²) in [5.74, 6) is -3.45. The predicted octanol–water partition coefficient (Wildman–Crippen LogP) is 4.62. The fourth-order valence-electron chi connectivity index (χ4n) is 7.20. The summed E-state index contributed by atoms with van der Waals surface area (Å²) in [6, 6.07) is 14.9. The van der Waals surface area contributed by atoms with Gasteiger partial charge in [0.2, 0.25) is 23.7 Å². The van der Waals surface area contributed by atoms with Crippen molar-refractivity contribution in [3.8, 4) is 17.0 Å². The van der Waals surface area contributed by atoms with Crippen LogP contribution in [-0.2, 0) is 28.0 Å². The van der Waals surface area contributed by atoms with E-state index in [1.54, 1.807) is 18.3 Å². The quantitative estimate of drug-likeness (QED) is 0.113. The van der Waals surface area contributed by atoms with E-state index in [0.717, 1.165) is 27.1 Å². The number of methoxy groups -OCH3 is 1. The Hall–Kier alpha value is -6.94. The molecule has 292 valence electrons. The molecule has 15 nitrogen and oxygen atoms in total. The average Bonchev–Trinajstić information content (AvgIpc) is 3.66. The second-order valence-electron chi connectivity index (χ2n) is 13.9. The molecule has 1 unspecified atom stereocenters. The predicted molar refractivity (Wildman–Crippen MR) is 212 cm³/mol. The highest BCUT2D eigenvalue weighted by atomic mass is 19.1. The lowest BCUT2D eigenvalue weighted by Gasteiger charge is -2.27. The van der Waals surface area contributed by atoms with Crippen LogP contribution in [0.15, 0.2) is 79.6 Å². The van der Waals surface area contributed by atoms with Gasteiger partial charge < -0.3 is 29.7 Å². The Morgan fingerprint density at radius 1 is 1.05 bits per heavy atom. The Bertz CT molecular complexity index is 2480. The molecule has 2 aromatic heterocycles.